The molecule has 0 saturated heterocycles. The molecule has 2 aromatic rings. The Balaban J connectivity index is 2.23. The lowest BCUT2D eigenvalue weighted by Crippen LogP contribution is -2.24. The first-order valence-electron chi connectivity index (χ1n) is 6.03. The van der Waals surface area contributed by atoms with Crippen molar-refractivity contribution in [3.8, 4) is 0 Å². The van der Waals surface area contributed by atoms with Gasteiger partial charge in [0.25, 0.3) is 11.5 Å². The number of rotatable bonds is 4. The molecule has 23 heavy (non-hydrogen) atoms. The van der Waals surface area contributed by atoms with E-state index in [1.165, 1.54) is 0 Å². The highest BCUT2D eigenvalue weighted by atomic mass is 19.4. The van der Waals surface area contributed by atoms with Crippen LogP contribution in [0.1, 0.15) is 16.2 Å². The summed E-state index contributed by atoms with van der Waals surface area (Å²) in [5.41, 5.74) is -2.76. The Hall–Kier alpha value is -2.72. The molecular formula is C12H8F5N3O3. The van der Waals surface area contributed by atoms with Gasteiger partial charge in [-0.15, -0.1) is 0 Å². The van der Waals surface area contributed by atoms with E-state index in [0.717, 1.165) is 6.20 Å². The van der Waals surface area contributed by atoms with E-state index in [-0.39, 0.29) is 5.69 Å². The smallest absolute Gasteiger partial charge is 0.350 e. The molecule has 0 fully saturated rings. The quantitative estimate of drug-likeness (QED) is 0.868. The molecule has 6 nitrogen and oxygen atoms in total. The number of nitrogens with one attached hydrogen (secondary N) is 1. The van der Waals surface area contributed by atoms with Gasteiger partial charge in [-0.25, -0.2) is 8.78 Å². The second-order valence-electron chi connectivity index (χ2n) is 4.29. The standard InChI is InChI=1S/C12H8F5N3O3/c13-1-2-20-5-6(3-7(14)11(20)22)18-10(21)8-4-9(19-23-8)12(15,16)17/h3-5H,1-2H2,(H,18,21). The molecule has 0 aromatic carbocycles. The third kappa shape index (κ3) is 3.73. The first-order chi connectivity index (χ1) is 10.7. The zero-order valence-corrected chi connectivity index (χ0v) is 11.2. The number of aryl methyl sites for hydroxylation is 1. The number of carbonyl (C=O) groups is 1. The summed E-state index contributed by atoms with van der Waals surface area (Å²) in [7, 11) is 0. The number of alkyl halides is 4. The van der Waals surface area contributed by atoms with Crippen LogP contribution in [0.3, 0.4) is 0 Å². The molecule has 0 radical (unpaired) electrons. The zero-order chi connectivity index (χ0) is 17.2. The molecule has 0 aliphatic heterocycles. The van der Waals surface area contributed by atoms with E-state index in [0.29, 0.717) is 16.7 Å². The van der Waals surface area contributed by atoms with Crippen molar-refractivity contribution < 1.29 is 31.3 Å². The minimum atomic E-state index is -4.79. The Morgan fingerprint density at radius 3 is 2.61 bits per heavy atom. The predicted octanol–water partition coefficient (Wildman–Crippen LogP) is 2.22. The van der Waals surface area contributed by atoms with Crippen LogP contribution in [0.25, 0.3) is 0 Å². The summed E-state index contributed by atoms with van der Waals surface area (Å²) in [6, 6.07) is 1.01. The van der Waals surface area contributed by atoms with Gasteiger partial charge in [-0.1, -0.05) is 5.16 Å². The molecule has 0 aliphatic carbocycles. The van der Waals surface area contributed by atoms with Crippen molar-refractivity contribution in [2.45, 2.75) is 12.7 Å². The molecule has 0 aliphatic rings. The van der Waals surface area contributed by atoms with E-state index in [2.05, 4.69) is 9.68 Å². The van der Waals surface area contributed by atoms with Crippen molar-refractivity contribution in [1.82, 2.24) is 9.72 Å². The highest BCUT2D eigenvalue weighted by molar-refractivity contribution is 6.02. The van der Waals surface area contributed by atoms with Crippen molar-refractivity contribution in [1.29, 1.82) is 0 Å². The lowest BCUT2D eigenvalue weighted by molar-refractivity contribution is -0.142. The monoisotopic (exact) mass is 337 g/mol. The van der Waals surface area contributed by atoms with Crippen molar-refractivity contribution in [3.63, 3.8) is 0 Å². The Labute approximate surface area is 124 Å². The highest BCUT2D eigenvalue weighted by Crippen LogP contribution is 2.28. The van der Waals surface area contributed by atoms with Crippen LogP contribution in [-0.4, -0.2) is 22.3 Å². The topological polar surface area (TPSA) is 77.1 Å². The van der Waals surface area contributed by atoms with Gasteiger partial charge < -0.3 is 14.4 Å². The average Bonchev–Trinajstić information content (AvgIpc) is 2.94. The fraction of sp³-hybridized carbons (Fsp3) is 0.250. The van der Waals surface area contributed by atoms with Gasteiger partial charge in [-0.3, -0.25) is 9.59 Å². The van der Waals surface area contributed by atoms with Crippen molar-refractivity contribution >= 4 is 11.6 Å². The van der Waals surface area contributed by atoms with Gasteiger partial charge in [0, 0.05) is 18.3 Å². The van der Waals surface area contributed by atoms with Gasteiger partial charge in [0.15, 0.2) is 11.5 Å². The maximum absolute atomic E-state index is 13.4. The molecule has 1 N–H and O–H groups in total. The first kappa shape index (κ1) is 16.6. The summed E-state index contributed by atoms with van der Waals surface area (Å²) < 4.78 is 67.6. The number of halogens is 5. The summed E-state index contributed by atoms with van der Waals surface area (Å²) in [6.45, 7) is -1.40. The number of hydrogen-bond donors (Lipinski definition) is 1. The maximum Gasteiger partial charge on any atom is 0.436 e. The van der Waals surface area contributed by atoms with E-state index in [1.807, 2.05) is 5.32 Å². The Bertz CT molecular complexity index is 781. The van der Waals surface area contributed by atoms with Crippen molar-refractivity contribution in [2.24, 2.45) is 0 Å². The van der Waals surface area contributed by atoms with E-state index < -0.39 is 48.1 Å². The van der Waals surface area contributed by atoms with Crippen LogP contribution in [0, 0.1) is 5.82 Å². The summed E-state index contributed by atoms with van der Waals surface area (Å²) in [5.74, 6) is -3.16. The second kappa shape index (κ2) is 6.18. The van der Waals surface area contributed by atoms with Gasteiger partial charge >= 0.3 is 6.18 Å². The van der Waals surface area contributed by atoms with E-state index >= 15 is 0 Å². The molecule has 0 unspecified atom stereocenters. The number of pyridine rings is 1. The molecule has 2 aromatic heterocycles. The minimum absolute atomic E-state index is 0.259. The molecule has 2 rings (SSSR count). The Kier molecular flexibility index (Phi) is 4.48. The summed E-state index contributed by atoms with van der Waals surface area (Å²) in [4.78, 5) is 23.1. The van der Waals surface area contributed by atoms with Crippen molar-refractivity contribution in [3.05, 3.63) is 46.0 Å². The van der Waals surface area contributed by atoms with E-state index in [4.69, 9.17) is 0 Å². The summed E-state index contributed by atoms with van der Waals surface area (Å²) in [5, 5.41) is 4.72. The van der Waals surface area contributed by atoms with Crippen LogP contribution in [-0.2, 0) is 12.7 Å². The van der Waals surface area contributed by atoms with Crippen LogP contribution in [0.15, 0.2) is 27.6 Å². The van der Waals surface area contributed by atoms with Crippen molar-refractivity contribution in [2.75, 3.05) is 12.0 Å². The molecule has 0 atom stereocenters. The van der Waals surface area contributed by atoms with E-state index in [9.17, 15) is 31.5 Å². The summed E-state index contributed by atoms with van der Waals surface area (Å²) >= 11 is 0. The van der Waals surface area contributed by atoms with Crippen LogP contribution in [0.5, 0.6) is 0 Å². The largest absolute Gasteiger partial charge is 0.436 e. The van der Waals surface area contributed by atoms with Crippen LogP contribution in [0.4, 0.5) is 27.6 Å². The molecule has 0 spiro atoms. The molecule has 0 saturated carbocycles. The number of aromatic nitrogens is 2. The molecule has 1 amide bonds. The van der Waals surface area contributed by atoms with Gasteiger partial charge in [0.1, 0.15) is 6.67 Å². The molecule has 11 heteroatoms. The fourth-order valence-corrected chi connectivity index (χ4v) is 1.63. The number of anilines is 1. The molecule has 0 bridgehead atoms. The first-order valence-corrected chi connectivity index (χ1v) is 6.03. The second-order valence-corrected chi connectivity index (χ2v) is 4.29. The number of amides is 1. The number of nitrogens with zero attached hydrogens (tertiary/aromatic N) is 2. The normalized spacial score (nSPS) is 11.5. The van der Waals surface area contributed by atoms with E-state index in [1.54, 1.807) is 0 Å². The lowest BCUT2D eigenvalue weighted by atomic mass is 10.3. The fourth-order valence-electron chi connectivity index (χ4n) is 1.63. The van der Waals surface area contributed by atoms with Gasteiger partial charge in [-0.2, -0.15) is 13.2 Å². The summed E-state index contributed by atoms with van der Waals surface area (Å²) in [6.07, 6.45) is -3.84. The number of carbonyl (C=O) groups excluding carboxylic acids is 1. The van der Waals surface area contributed by atoms with Crippen LogP contribution < -0.4 is 10.9 Å². The minimum Gasteiger partial charge on any atom is -0.350 e. The average molecular weight is 337 g/mol. The zero-order valence-electron chi connectivity index (χ0n) is 11.2. The van der Waals surface area contributed by atoms with Crippen LogP contribution >= 0.6 is 0 Å². The molecule has 124 valence electrons. The SMILES string of the molecule is O=C(Nc1cc(F)c(=O)n(CCF)c1)c1cc(C(F)(F)F)no1. The lowest BCUT2D eigenvalue weighted by Gasteiger charge is -2.07. The van der Waals surface area contributed by atoms with Gasteiger partial charge in [0.2, 0.25) is 5.76 Å². The van der Waals surface area contributed by atoms with Gasteiger partial charge in [0.05, 0.1) is 12.2 Å². The Morgan fingerprint density at radius 2 is 2.04 bits per heavy atom. The van der Waals surface area contributed by atoms with Gasteiger partial charge in [-0.05, 0) is 0 Å². The third-order valence-electron chi connectivity index (χ3n) is 2.65. The maximum atomic E-state index is 13.4. The predicted molar refractivity (Wildman–Crippen MR) is 66.1 cm³/mol. The molecular weight excluding hydrogens is 329 g/mol. The number of hydrogen-bond acceptors (Lipinski definition) is 4. The third-order valence-corrected chi connectivity index (χ3v) is 2.65. The highest BCUT2D eigenvalue weighted by Gasteiger charge is 2.35. The molecule has 2 heterocycles. The Morgan fingerprint density at radius 1 is 1.35 bits per heavy atom. The van der Waals surface area contributed by atoms with Crippen LogP contribution in [0.2, 0.25) is 0 Å².